The molecule has 0 spiro atoms. The van der Waals surface area contributed by atoms with Crippen molar-refractivity contribution in [2.24, 2.45) is 0 Å². The van der Waals surface area contributed by atoms with Crippen molar-refractivity contribution < 1.29 is 4.79 Å². The number of aryl methyl sites for hydroxylation is 2. The first-order valence-electron chi connectivity index (χ1n) is 9.51. The molecule has 0 unspecified atom stereocenters. The molecular weight excluding hydrogens is 330 g/mol. The lowest BCUT2D eigenvalue weighted by Gasteiger charge is -2.21. The number of carbonyl (C=O) groups excluding carboxylic acids is 1. The number of benzene rings is 3. The molecular formula is C25H27NO. The van der Waals surface area contributed by atoms with Crippen LogP contribution in [0.3, 0.4) is 0 Å². The van der Waals surface area contributed by atoms with Crippen molar-refractivity contribution >= 4 is 5.91 Å². The zero-order valence-corrected chi connectivity index (χ0v) is 16.3. The van der Waals surface area contributed by atoms with Crippen molar-refractivity contribution in [2.45, 2.75) is 39.2 Å². The van der Waals surface area contributed by atoms with Gasteiger partial charge < -0.3 is 5.32 Å². The van der Waals surface area contributed by atoms with E-state index in [1.165, 1.54) is 27.8 Å². The monoisotopic (exact) mass is 357 g/mol. The van der Waals surface area contributed by atoms with Crippen LogP contribution in [0.1, 0.15) is 53.1 Å². The van der Waals surface area contributed by atoms with E-state index < -0.39 is 0 Å². The van der Waals surface area contributed by atoms with Gasteiger partial charge >= 0.3 is 0 Å². The van der Waals surface area contributed by atoms with E-state index in [1.54, 1.807) is 0 Å². The first kappa shape index (κ1) is 18.9. The first-order chi connectivity index (χ1) is 13.0. The van der Waals surface area contributed by atoms with E-state index in [0.717, 1.165) is 0 Å². The van der Waals surface area contributed by atoms with Gasteiger partial charge in [0, 0.05) is 12.3 Å². The van der Waals surface area contributed by atoms with Gasteiger partial charge in [-0.1, -0.05) is 84.4 Å². The second kappa shape index (κ2) is 8.68. The molecule has 0 aliphatic carbocycles. The molecule has 3 aromatic rings. The first-order valence-corrected chi connectivity index (χ1v) is 9.51. The maximum atomic E-state index is 12.9. The van der Waals surface area contributed by atoms with Crippen molar-refractivity contribution in [3.8, 4) is 0 Å². The van der Waals surface area contributed by atoms with Crippen LogP contribution in [-0.2, 0) is 4.79 Å². The lowest BCUT2D eigenvalue weighted by atomic mass is 9.88. The zero-order chi connectivity index (χ0) is 19.2. The summed E-state index contributed by atoms with van der Waals surface area (Å²) in [6.45, 7) is 6.23. The number of hydrogen-bond acceptors (Lipinski definition) is 1. The average molecular weight is 357 g/mol. The summed E-state index contributed by atoms with van der Waals surface area (Å²) in [5, 5.41) is 3.20. The van der Waals surface area contributed by atoms with Crippen LogP contribution < -0.4 is 5.32 Å². The third kappa shape index (κ3) is 4.85. The molecule has 27 heavy (non-hydrogen) atoms. The normalized spacial score (nSPS) is 12.0. The Kier molecular flexibility index (Phi) is 6.08. The van der Waals surface area contributed by atoms with Gasteiger partial charge in [-0.25, -0.2) is 0 Å². The molecule has 0 saturated carbocycles. The fraction of sp³-hybridized carbons (Fsp3) is 0.240. The molecule has 0 radical (unpaired) electrons. The van der Waals surface area contributed by atoms with Gasteiger partial charge in [0.1, 0.15) is 0 Å². The Balaban J connectivity index is 1.78. The molecule has 0 fully saturated rings. The van der Waals surface area contributed by atoms with Gasteiger partial charge in [0.15, 0.2) is 0 Å². The van der Waals surface area contributed by atoms with Crippen molar-refractivity contribution in [3.63, 3.8) is 0 Å². The molecule has 3 rings (SSSR count). The molecule has 3 aromatic carbocycles. The van der Waals surface area contributed by atoms with Gasteiger partial charge in [-0.05, 0) is 43.0 Å². The molecule has 2 heteroatoms. The number of rotatable bonds is 6. The van der Waals surface area contributed by atoms with Crippen LogP contribution in [0.25, 0.3) is 0 Å². The molecule has 1 amide bonds. The third-order valence-electron chi connectivity index (χ3n) is 5.07. The zero-order valence-electron chi connectivity index (χ0n) is 16.3. The minimum Gasteiger partial charge on any atom is -0.350 e. The Morgan fingerprint density at radius 2 is 1.41 bits per heavy atom. The Hall–Kier alpha value is -2.87. The minimum atomic E-state index is -0.00963. The van der Waals surface area contributed by atoms with Crippen LogP contribution in [0.15, 0.2) is 78.9 Å². The minimum absolute atomic E-state index is 0.00963. The van der Waals surface area contributed by atoms with E-state index in [2.05, 4.69) is 68.6 Å². The standard InChI is InChI=1S/C25H27NO/c1-18-14-15-19(2)23(16-18)20(3)26-25(27)17-24(21-10-6-4-7-11-21)22-12-8-5-9-13-22/h4-16,20,24H,17H2,1-3H3,(H,26,27)/t20-/m1/s1. The van der Waals surface area contributed by atoms with E-state index in [-0.39, 0.29) is 17.9 Å². The molecule has 0 aromatic heterocycles. The highest BCUT2D eigenvalue weighted by atomic mass is 16.1. The molecule has 1 atom stereocenters. The molecule has 1 N–H and O–H groups in total. The van der Waals surface area contributed by atoms with Crippen LogP contribution in [0, 0.1) is 13.8 Å². The lowest BCUT2D eigenvalue weighted by Crippen LogP contribution is -2.28. The van der Waals surface area contributed by atoms with Gasteiger partial charge in [0.2, 0.25) is 5.91 Å². The van der Waals surface area contributed by atoms with Gasteiger partial charge in [-0.15, -0.1) is 0 Å². The summed E-state index contributed by atoms with van der Waals surface area (Å²) >= 11 is 0. The van der Waals surface area contributed by atoms with E-state index in [4.69, 9.17) is 0 Å². The summed E-state index contributed by atoms with van der Waals surface area (Å²) in [6, 6.07) is 26.9. The van der Waals surface area contributed by atoms with Crippen molar-refractivity contribution in [2.75, 3.05) is 0 Å². The third-order valence-corrected chi connectivity index (χ3v) is 5.07. The smallest absolute Gasteiger partial charge is 0.221 e. The molecule has 2 nitrogen and oxygen atoms in total. The van der Waals surface area contributed by atoms with Crippen LogP contribution in [0.5, 0.6) is 0 Å². The van der Waals surface area contributed by atoms with Gasteiger partial charge in [0.25, 0.3) is 0 Å². The highest BCUT2D eigenvalue weighted by molar-refractivity contribution is 5.78. The summed E-state index contributed by atoms with van der Waals surface area (Å²) in [4.78, 5) is 12.9. The SMILES string of the molecule is Cc1ccc(C)c([C@@H](C)NC(=O)CC(c2ccccc2)c2ccccc2)c1. The van der Waals surface area contributed by atoms with E-state index in [0.29, 0.717) is 6.42 Å². The van der Waals surface area contributed by atoms with Crippen molar-refractivity contribution in [1.29, 1.82) is 0 Å². The van der Waals surface area contributed by atoms with Crippen molar-refractivity contribution in [3.05, 3.63) is 107 Å². The molecule has 0 saturated heterocycles. The van der Waals surface area contributed by atoms with Crippen molar-refractivity contribution in [1.82, 2.24) is 5.32 Å². The Bertz CT molecular complexity index is 847. The quantitative estimate of drug-likeness (QED) is 0.602. The second-order valence-electron chi connectivity index (χ2n) is 7.23. The molecule has 0 heterocycles. The van der Waals surface area contributed by atoms with Gasteiger partial charge in [-0.2, -0.15) is 0 Å². The fourth-order valence-corrected chi connectivity index (χ4v) is 3.59. The predicted molar refractivity (Wildman–Crippen MR) is 112 cm³/mol. The maximum absolute atomic E-state index is 12.9. The van der Waals surface area contributed by atoms with E-state index >= 15 is 0 Å². The van der Waals surface area contributed by atoms with Gasteiger partial charge in [0.05, 0.1) is 6.04 Å². The summed E-state index contributed by atoms with van der Waals surface area (Å²) in [7, 11) is 0. The highest BCUT2D eigenvalue weighted by Gasteiger charge is 2.20. The average Bonchev–Trinajstić information content (AvgIpc) is 2.69. The molecule has 0 bridgehead atoms. The predicted octanol–water partition coefficient (Wildman–Crippen LogP) is 5.70. The Morgan fingerprint density at radius 3 is 1.96 bits per heavy atom. The maximum Gasteiger partial charge on any atom is 0.221 e. The summed E-state index contributed by atoms with van der Waals surface area (Å²) in [5.41, 5.74) is 5.93. The molecule has 138 valence electrons. The highest BCUT2D eigenvalue weighted by Crippen LogP contribution is 2.28. The largest absolute Gasteiger partial charge is 0.350 e. The Labute approximate surface area is 162 Å². The fourth-order valence-electron chi connectivity index (χ4n) is 3.59. The second-order valence-corrected chi connectivity index (χ2v) is 7.23. The van der Waals surface area contributed by atoms with E-state index in [9.17, 15) is 4.79 Å². The topological polar surface area (TPSA) is 29.1 Å². The van der Waals surface area contributed by atoms with Crippen LogP contribution in [0.4, 0.5) is 0 Å². The van der Waals surface area contributed by atoms with Crippen LogP contribution in [0.2, 0.25) is 0 Å². The molecule has 0 aliphatic rings. The number of hydrogen-bond donors (Lipinski definition) is 1. The Morgan fingerprint density at radius 1 is 0.852 bits per heavy atom. The molecule has 0 aliphatic heterocycles. The van der Waals surface area contributed by atoms with Crippen LogP contribution >= 0.6 is 0 Å². The van der Waals surface area contributed by atoms with Crippen LogP contribution in [-0.4, -0.2) is 5.91 Å². The number of nitrogens with one attached hydrogen (secondary N) is 1. The van der Waals surface area contributed by atoms with Gasteiger partial charge in [-0.3, -0.25) is 4.79 Å². The lowest BCUT2D eigenvalue weighted by molar-refractivity contribution is -0.121. The number of carbonyl (C=O) groups is 1. The van der Waals surface area contributed by atoms with E-state index in [1.807, 2.05) is 36.4 Å². The summed E-state index contributed by atoms with van der Waals surface area (Å²) in [6.07, 6.45) is 0.434. The number of amides is 1. The summed E-state index contributed by atoms with van der Waals surface area (Å²) in [5.74, 6) is 0.124. The summed E-state index contributed by atoms with van der Waals surface area (Å²) < 4.78 is 0.